The summed E-state index contributed by atoms with van der Waals surface area (Å²) >= 11 is 0. The molecule has 0 saturated heterocycles. The zero-order chi connectivity index (χ0) is 19.5. The van der Waals surface area contributed by atoms with E-state index in [1.54, 1.807) is 29.2 Å². The number of hydrogen-bond donors (Lipinski definition) is 1. The highest BCUT2D eigenvalue weighted by molar-refractivity contribution is 6.05. The van der Waals surface area contributed by atoms with Crippen molar-refractivity contribution in [1.29, 1.82) is 0 Å². The Labute approximate surface area is 162 Å². The van der Waals surface area contributed by atoms with E-state index < -0.39 is 5.97 Å². The predicted molar refractivity (Wildman–Crippen MR) is 105 cm³/mol. The van der Waals surface area contributed by atoms with Gasteiger partial charge in [-0.3, -0.25) is 4.79 Å². The van der Waals surface area contributed by atoms with Gasteiger partial charge in [-0.15, -0.1) is 0 Å². The fourth-order valence-corrected chi connectivity index (χ4v) is 3.18. The number of ether oxygens (including phenoxy) is 1. The molecule has 28 heavy (non-hydrogen) atoms. The molecule has 0 aliphatic carbocycles. The van der Waals surface area contributed by atoms with Crippen LogP contribution in [-0.4, -0.2) is 35.5 Å². The maximum Gasteiger partial charge on any atom is 0.337 e. The highest BCUT2D eigenvalue weighted by atomic mass is 16.5. The summed E-state index contributed by atoms with van der Waals surface area (Å²) in [7, 11) is 1.34. The first-order valence-corrected chi connectivity index (χ1v) is 8.83. The minimum absolute atomic E-state index is 0.170. The molecule has 1 amide bonds. The van der Waals surface area contributed by atoms with Crippen LogP contribution in [0.25, 0.3) is 0 Å². The number of methoxy groups -OCH3 is 1. The number of nitrogens with one attached hydrogen (secondary N) is 1. The minimum atomic E-state index is -0.415. The third-order valence-corrected chi connectivity index (χ3v) is 4.56. The minimum Gasteiger partial charge on any atom is -0.465 e. The van der Waals surface area contributed by atoms with E-state index in [4.69, 9.17) is 4.74 Å². The highest BCUT2D eigenvalue weighted by Gasteiger charge is 2.26. The SMILES string of the molecule is COC(=O)c1cccc(Nc2cnc(C(=O)N3CCc4ccccc43)cn2)c1. The zero-order valence-corrected chi connectivity index (χ0v) is 15.3. The van der Waals surface area contributed by atoms with Crippen LogP contribution in [0, 0.1) is 0 Å². The van der Waals surface area contributed by atoms with Gasteiger partial charge >= 0.3 is 5.97 Å². The third kappa shape index (κ3) is 3.42. The van der Waals surface area contributed by atoms with Gasteiger partial charge in [-0.25, -0.2) is 14.8 Å². The van der Waals surface area contributed by atoms with Crippen LogP contribution in [0.5, 0.6) is 0 Å². The molecular weight excluding hydrogens is 356 g/mol. The molecule has 7 heteroatoms. The fraction of sp³-hybridized carbons (Fsp3) is 0.143. The van der Waals surface area contributed by atoms with Crippen molar-refractivity contribution >= 4 is 29.1 Å². The molecule has 0 saturated carbocycles. The smallest absolute Gasteiger partial charge is 0.337 e. The molecule has 0 unspecified atom stereocenters. The molecule has 2 heterocycles. The van der Waals surface area contributed by atoms with Crippen molar-refractivity contribution in [3.05, 3.63) is 77.7 Å². The number of aromatic nitrogens is 2. The average Bonchev–Trinajstić information content (AvgIpc) is 3.17. The van der Waals surface area contributed by atoms with Gasteiger partial charge in [0.2, 0.25) is 0 Å². The van der Waals surface area contributed by atoms with Crippen LogP contribution in [0.3, 0.4) is 0 Å². The Hall–Kier alpha value is -3.74. The topological polar surface area (TPSA) is 84.4 Å². The van der Waals surface area contributed by atoms with Gasteiger partial charge in [0, 0.05) is 17.9 Å². The van der Waals surface area contributed by atoms with Crippen molar-refractivity contribution in [3.63, 3.8) is 0 Å². The largest absolute Gasteiger partial charge is 0.465 e. The molecule has 1 aliphatic heterocycles. The van der Waals surface area contributed by atoms with Crippen molar-refractivity contribution in [2.75, 3.05) is 23.9 Å². The first-order valence-electron chi connectivity index (χ1n) is 8.83. The summed E-state index contributed by atoms with van der Waals surface area (Å²) in [5.41, 5.74) is 3.47. The highest BCUT2D eigenvalue weighted by Crippen LogP contribution is 2.28. The molecule has 7 nitrogen and oxygen atoms in total. The molecule has 0 spiro atoms. The maximum absolute atomic E-state index is 12.8. The Morgan fingerprint density at radius 1 is 1.07 bits per heavy atom. The Bertz CT molecular complexity index is 1030. The second-order valence-electron chi connectivity index (χ2n) is 6.32. The van der Waals surface area contributed by atoms with Crippen molar-refractivity contribution in [2.24, 2.45) is 0 Å². The molecule has 0 radical (unpaired) electrons. The number of benzene rings is 2. The average molecular weight is 374 g/mol. The molecule has 0 atom stereocenters. The summed E-state index contributed by atoms with van der Waals surface area (Å²) in [6.07, 6.45) is 3.79. The van der Waals surface area contributed by atoms with E-state index in [1.807, 2.05) is 24.3 Å². The molecule has 2 aromatic carbocycles. The number of nitrogens with zero attached hydrogens (tertiary/aromatic N) is 3. The van der Waals surface area contributed by atoms with Crippen LogP contribution in [0.2, 0.25) is 0 Å². The lowest BCUT2D eigenvalue weighted by Gasteiger charge is -2.16. The first-order chi connectivity index (χ1) is 13.7. The quantitative estimate of drug-likeness (QED) is 0.706. The van der Waals surface area contributed by atoms with E-state index in [9.17, 15) is 9.59 Å². The van der Waals surface area contributed by atoms with Crippen molar-refractivity contribution in [1.82, 2.24) is 9.97 Å². The fourth-order valence-electron chi connectivity index (χ4n) is 3.18. The van der Waals surface area contributed by atoms with E-state index in [0.29, 0.717) is 23.6 Å². The van der Waals surface area contributed by atoms with Gasteiger partial charge in [-0.2, -0.15) is 0 Å². The van der Waals surface area contributed by atoms with Gasteiger partial charge in [0.1, 0.15) is 11.5 Å². The monoisotopic (exact) mass is 374 g/mol. The summed E-state index contributed by atoms with van der Waals surface area (Å²) in [4.78, 5) is 34.7. The molecule has 1 aliphatic rings. The predicted octanol–water partition coefficient (Wildman–Crippen LogP) is 3.21. The van der Waals surface area contributed by atoms with E-state index in [0.717, 1.165) is 17.7 Å². The third-order valence-electron chi connectivity index (χ3n) is 4.56. The number of amides is 1. The zero-order valence-electron chi connectivity index (χ0n) is 15.3. The lowest BCUT2D eigenvalue weighted by atomic mass is 10.2. The van der Waals surface area contributed by atoms with E-state index in [1.165, 1.54) is 19.5 Å². The van der Waals surface area contributed by atoms with Crippen molar-refractivity contribution in [2.45, 2.75) is 6.42 Å². The van der Waals surface area contributed by atoms with E-state index in [2.05, 4.69) is 15.3 Å². The number of esters is 1. The van der Waals surface area contributed by atoms with Gasteiger partial charge in [-0.05, 0) is 36.2 Å². The number of rotatable bonds is 4. The van der Waals surface area contributed by atoms with E-state index in [-0.39, 0.29) is 11.6 Å². The molecule has 0 bridgehead atoms. The number of hydrogen-bond acceptors (Lipinski definition) is 6. The molecule has 1 aromatic heterocycles. The van der Waals surface area contributed by atoms with Crippen LogP contribution in [0.1, 0.15) is 26.4 Å². The Morgan fingerprint density at radius 2 is 1.93 bits per heavy atom. The van der Waals surface area contributed by atoms with E-state index >= 15 is 0 Å². The number of anilines is 3. The van der Waals surface area contributed by atoms with Crippen LogP contribution in [-0.2, 0) is 11.2 Å². The first kappa shape index (κ1) is 17.7. The molecule has 4 rings (SSSR count). The van der Waals surface area contributed by atoms with Gasteiger partial charge < -0.3 is 15.0 Å². The summed E-state index contributed by atoms with van der Waals surface area (Å²) in [6.45, 7) is 0.639. The maximum atomic E-state index is 12.8. The Balaban J connectivity index is 1.49. The van der Waals surface area contributed by atoms with Gasteiger partial charge in [0.15, 0.2) is 0 Å². The second-order valence-corrected chi connectivity index (χ2v) is 6.32. The molecular formula is C21H18N4O3. The van der Waals surface area contributed by atoms with Gasteiger partial charge in [0.25, 0.3) is 5.91 Å². The van der Waals surface area contributed by atoms with Crippen molar-refractivity contribution in [3.8, 4) is 0 Å². The summed E-state index contributed by atoms with van der Waals surface area (Å²) in [6, 6.07) is 14.7. The summed E-state index contributed by atoms with van der Waals surface area (Å²) < 4.78 is 4.72. The standard InChI is InChI=1S/C21H18N4O3/c1-28-21(27)15-6-4-7-16(11-15)24-19-13-22-17(12-23-19)20(26)25-10-9-14-5-2-3-8-18(14)25/h2-8,11-13H,9-10H2,1H3,(H,23,24). The normalized spacial score (nSPS) is 12.4. The van der Waals surface area contributed by atoms with Crippen LogP contribution >= 0.6 is 0 Å². The van der Waals surface area contributed by atoms with Crippen LogP contribution < -0.4 is 10.2 Å². The second kappa shape index (κ2) is 7.48. The Morgan fingerprint density at radius 3 is 2.71 bits per heavy atom. The number of para-hydroxylation sites is 1. The Kier molecular flexibility index (Phi) is 4.72. The molecule has 3 aromatic rings. The molecule has 0 fully saturated rings. The number of carbonyl (C=O) groups excluding carboxylic acids is 2. The van der Waals surface area contributed by atoms with Crippen LogP contribution in [0.15, 0.2) is 60.9 Å². The summed E-state index contributed by atoms with van der Waals surface area (Å²) in [5.74, 6) is -0.112. The van der Waals surface area contributed by atoms with Crippen molar-refractivity contribution < 1.29 is 14.3 Å². The molecule has 140 valence electrons. The van der Waals surface area contributed by atoms with Crippen LogP contribution in [0.4, 0.5) is 17.2 Å². The van der Waals surface area contributed by atoms with Gasteiger partial charge in [-0.1, -0.05) is 24.3 Å². The summed E-state index contributed by atoms with van der Waals surface area (Å²) in [5, 5.41) is 3.07. The number of fused-ring (bicyclic) bond motifs is 1. The molecule has 1 N–H and O–H groups in total. The number of carbonyl (C=O) groups is 2. The lowest BCUT2D eigenvalue weighted by molar-refractivity contribution is 0.0600. The van der Waals surface area contributed by atoms with Gasteiger partial charge in [0.05, 0.1) is 25.1 Å². The lowest BCUT2D eigenvalue weighted by Crippen LogP contribution is -2.29.